The predicted molar refractivity (Wildman–Crippen MR) is 65.7 cm³/mol. The molecule has 0 radical (unpaired) electrons. The number of hydrogen-bond acceptors (Lipinski definition) is 4. The SMILES string of the molecule is COc1cc(OC)cc(C2CNCC(C)O2)c1. The van der Waals surface area contributed by atoms with E-state index in [9.17, 15) is 0 Å². The lowest BCUT2D eigenvalue weighted by atomic mass is 10.1. The van der Waals surface area contributed by atoms with Crippen molar-refractivity contribution >= 4 is 0 Å². The Kier molecular flexibility index (Phi) is 3.86. The van der Waals surface area contributed by atoms with Gasteiger partial charge in [-0.1, -0.05) is 0 Å². The van der Waals surface area contributed by atoms with Crippen LogP contribution in [0.1, 0.15) is 18.6 Å². The van der Waals surface area contributed by atoms with E-state index in [4.69, 9.17) is 14.2 Å². The van der Waals surface area contributed by atoms with Crippen molar-refractivity contribution in [3.8, 4) is 11.5 Å². The topological polar surface area (TPSA) is 39.7 Å². The van der Waals surface area contributed by atoms with Crippen molar-refractivity contribution in [1.82, 2.24) is 5.32 Å². The highest BCUT2D eigenvalue weighted by Gasteiger charge is 2.21. The van der Waals surface area contributed by atoms with E-state index in [0.717, 1.165) is 30.2 Å². The van der Waals surface area contributed by atoms with E-state index >= 15 is 0 Å². The Hall–Kier alpha value is -1.26. The van der Waals surface area contributed by atoms with Gasteiger partial charge in [-0.2, -0.15) is 0 Å². The summed E-state index contributed by atoms with van der Waals surface area (Å²) < 4.78 is 16.4. The second-order valence-electron chi connectivity index (χ2n) is 4.24. The van der Waals surface area contributed by atoms with Crippen LogP contribution in [0.4, 0.5) is 0 Å². The monoisotopic (exact) mass is 237 g/mol. The van der Waals surface area contributed by atoms with E-state index in [1.54, 1.807) is 14.2 Å². The molecule has 0 spiro atoms. The number of nitrogens with one attached hydrogen (secondary N) is 1. The lowest BCUT2D eigenvalue weighted by Gasteiger charge is -2.29. The molecule has 4 heteroatoms. The Labute approximate surface area is 102 Å². The first kappa shape index (κ1) is 12.2. The smallest absolute Gasteiger partial charge is 0.122 e. The maximum atomic E-state index is 5.90. The van der Waals surface area contributed by atoms with E-state index < -0.39 is 0 Å². The van der Waals surface area contributed by atoms with Gasteiger partial charge in [0.25, 0.3) is 0 Å². The van der Waals surface area contributed by atoms with Crippen molar-refractivity contribution in [3.05, 3.63) is 23.8 Å². The van der Waals surface area contributed by atoms with Crippen molar-refractivity contribution in [3.63, 3.8) is 0 Å². The highest BCUT2D eigenvalue weighted by molar-refractivity contribution is 5.39. The maximum Gasteiger partial charge on any atom is 0.122 e. The summed E-state index contributed by atoms with van der Waals surface area (Å²) in [6.45, 7) is 3.79. The standard InChI is InChI=1S/C13H19NO3/c1-9-7-14-8-13(17-9)10-4-11(15-2)6-12(5-10)16-3/h4-6,9,13-14H,7-8H2,1-3H3. The molecule has 0 bridgehead atoms. The highest BCUT2D eigenvalue weighted by atomic mass is 16.5. The van der Waals surface area contributed by atoms with Crippen molar-refractivity contribution in [2.45, 2.75) is 19.1 Å². The summed E-state index contributed by atoms with van der Waals surface area (Å²) in [5.41, 5.74) is 1.08. The van der Waals surface area contributed by atoms with E-state index in [-0.39, 0.29) is 12.2 Å². The van der Waals surface area contributed by atoms with Gasteiger partial charge in [-0.05, 0) is 24.6 Å². The van der Waals surface area contributed by atoms with Crippen molar-refractivity contribution in [2.24, 2.45) is 0 Å². The van der Waals surface area contributed by atoms with Crippen LogP contribution < -0.4 is 14.8 Å². The van der Waals surface area contributed by atoms with E-state index in [0.29, 0.717) is 0 Å². The number of hydrogen-bond donors (Lipinski definition) is 1. The van der Waals surface area contributed by atoms with Gasteiger partial charge in [0.2, 0.25) is 0 Å². The minimum absolute atomic E-state index is 0.0581. The Morgan fingerprint density at radius 3 is 2.29 bits per heavy atom. The van der Waals surface area contributed by atoms with E-state index in [2.05, 4.69) is 12.2 Å². The molecular formula is C13H19NO3. The molecule has 2 rings (SSSR count). The average Bonchev–Trinajstić information content (AvgIpc) is 2.38. The molecule has 94 valence electrons. The van der Waals surface area contributed by atoms with Crippen LogP contribution in [0.25, 0.3) is 0 Å². The minimum atomic E-state index is 0.0581. The summed E-state index contributed by atoms with van der Waals surface area (Å²) in [7, 11) is 3.31. The van der Waals surface area contributed by atoms with Crippen molar-refractivity contribution < 1.29 is 14.2 Å². The summed E-state index contributed by atoms with van der Waals surface area (Å²) in [5, 5.41) is 3.35. The van der Waals surface area contributed by atoms with Crippen LogP contribution >= 0.6 is 0 Å². The number of benzene rings is 1. The molecule has 1 aliphatic heterocycles. The van der Waals surface area contributed by atoms with E-state index in [1.165, 1.54) is 0 Å². The van der Waals surface area contributed by atoms with E-state index in [1.807, 2.05) is 18.2 Å². The first-order valence-corrected chi connectivity index (χ1v) is 5.82. The number of ether oxygens (including phenoxy) is 3. The Morgan fingerprint density at radius 2 is 1.76 bits per heavy atom. The van der Waals surface area contributed by atoms with Crippen LogP contribution in [-0.4, -0.2) is 33.4 Å². The predicted octanol–water partition coefficient (Wildman–Crippen LogP) is 1.75. The molecule has 2 atom stereocenters. The second-order valence-corrected chi connectivity index (χ2v) is 4.24. The van der Waals surface area contributed by atoms with Gasteiger partial charge in [0.1, 0.15) is 11.5 Å². The molecule has 0 aromatic heterocycles. The fraction of sp³-hybridized carbons (Fsp3) is 0.538. The lowest BCUT2D eigenvalue weighted by molar-refractivity contribution is -0.0288. The molecule has 0 saturated carbocycles. The summed E-state index contributed by atoms with van der Waals surface area (Å²) in [5.74, 6) is 1.59. The zero-order valence-electron chi connectivity index (χ0n) is 10.5. The first-order valence-electron chi connectivity index (χ1n) is 5.82. The number of morpholine rings is 1. The second kappa shape index (κ2) is 5.38. The van der Waals surface area contributed by atoms with Gasteiger partial charge in [0.15, 0.2) is 0 Å². The van der Waals surface area contributed by atoms with Crippen LogP contribution in [0.15, 0.2) is 18.2 Å². The quantitative estimate of drug-likeness (QED) is 0.869. The maximum absolute atomic E-state index is 5.90. The molecule has 1 saturated heterocycles. The zero-order valence-corrected chi connectivity index (χ0v) is 10.5. The Bertz CT molecular complexity index is 359. The van der Waals surface area contributed by atoms with Crippen LogP contribution in [0, 0.1) is 0 Å². The molecule has 2 unspecified atom stereocenters. The van der Waals surface area contributed by atoms with Gasteiger partial charge in [0.05, 0.1) is 26.4 Å². The summed E-state index contributed by atoms with van der Waals surface area (Å²) in [4.78, 5) is 0. The third kappa shape index (κ3) is 2.90. The van der Waals surface area contributed by atoms with Crippen LogP contribution in [-0.2, 0) is 4.74 Å². The number of rotatable bonds is 3. The molecular weight excluding hydrogens is 218 g/mol. The van der Waals surface area contributed by atoms with Crippen molar-refractivity contribution in [1.29, 1.82) is 0 Å². The minimum Gasteiger partial charge on any atom is -0.497 e. The largest absolute Gasteiger partial charge is 0.497 e. The van der Waals surface area contributed by atoms with Gasteiger partial charge >= 0.3 is 0 Å². The van der Waals surface area contributed by atoms with Crippen LogP contribution in [0.2, 0.25) is 0 Å². The van der Waals surface area contributed by atoms with Gasteiger partial charge in [-0.15, -0.1) is 0 Å². The molecule has 17 heavy (non-hydrogen) atoms. The summed E-state index contributed by atoms with van der Waals surface area (Å²) in [6.07, 6.45) is 0.286. The lowest BCUT2D eigenvalue weighted by Crippen LogP contribution is -2.38. The molecule has 1 heterocycles. The molecule has 1 N–H and O–H groups in total. The Morgan fingerprint density at radius 1 is 1.12 bits per heavy atom. The van der Waals surface area contributed by atoms with Gasteiger partial charge in [-0.25, -0.2) is 0 Å². The first-order chi connectivity index (χ1) is 8.22. The van der Waals surface area contributed by atoms with Gasteiger partial charge in [0, 0.05) is 19.2 Å². The third-order valence-electron chi connectivity index (χ3n) is 2.90. The van der Waals surface area contributed by atoms with Gasteiger partial charge in [-0.3, -0.25) is 0 Å². The summed E-state index contributed by atoms with van der Waals surface area (Å²) in [6, 6.07) is 5.85. The Balaban J connectivity index is 2.23. The molecule has 4 nitrogen and oxygen atoms in total. The van der Waals surface area contributed by atoms with Gasteiger partial charge < -0.3 is 19.5 Å². The van der Waals surface area contributed by atoms with Crippen molar-refractivity contribution in [2.75, 3.05) is 27.3 Å². The molecule has 1 fully saturated rings. The zero-order chi connectivity index (χ0) is 12.3. The molecule has 1 aromatic rings. The number of methoxy groups -OCH3 is 2. The molecule has 0 amide bonds. The summed E-state index contributed by atoms with van der Waals surface area (Å²) >= 11 is 0. The van der Waals surface area contributed by atoms with Crippen LogP contribution in [0.5, 0.6) is 11.5 Å². The fourth-order valence-electron chi connectivity index (χ4n) is 2.01. The normalized spacial score (nSPS) is 24.4. The average molecular weight is 237 g/mol. The van der Waals surface area contributed by atoms with Crippen LogP contribution in [0.3, 0.4) is 0 Å². The molecule has 0 aliphatic carbocycles. The highest BCUT2D eigenvalue weighted by Crippen LogP contribution is 2.29. The molecule has 1 aromatic carbocycles. The molecule has 1 aliphatic rings. The third-order valence-corrected chi connectivity index (χ3v) is 2.90. The fourth-order valence-corrected chi connectivity index (χ4v) is 2.01.